The van der Waals surface area contributed by atoms with Gasteiger partial charge in [-0.15, -0.1) is 0 Å². The number of nitrogens with one attached hydrogen (secondary N) is 2. The number of hydrogen-bond donors (Lipinski definition) is 2. The average molecular weight is 364 g/mol. The molecule has 0 aliphatic heterocycles. The lowest BCUT2D eigenvalue weighted by molar-refractivity contribution is -0.118. The molecule has 2 aromatic rings. The normalized spacial score (nSPS) is 12.0. The number of carbonyl (C=O) groups is 2. The molecule has 4 nitrogen and oxygen atoms in total. The van der Waals surface area contributed by atoms with Crippen LogP contribution in [0.3, 0.4) is 0 Å². The standard InChI is InChI=1S/C19H19F3N2O2/c1-10(2)17(19(26)23-15-9-11(3)7-8-12(15)20)24-18(25)16-13(21)5-4-6-14(16)22/h4-10,17H,1-3H3,(H,23,26)(H,24,25). The summed E-state index contributed by atoms with van der Waals surface area (Å²) in [7, 11) is 0. The highest BCUT2D eigenvalue weighted by atomic mass is 19.1. The Bertz CT molecular complexity index is 817. The maximum atomic E-state index is 13.8. The van der Waals surface area contributed by atoms with Crippen molar-refractivity contribution in [3.05, 3.63) is 65.0 Å². The first-order valence-corrected chi connectivity index (χ1v) is 8.02. The van der Waals surface area contributed by atoms with Gasteiger partial charge in [-0.1, -0.05) is 26.0 Å². The lowest BCUT2D eigenvalue weighted by Crippen LogP contribution is -2.47. The Labute approximate surface area is 149 Å². The van der Waals surface area contributed by atoms with E-state index in [9.17, 15) is 22.8 Å². The van der Waals surface area contributed by atoms with Crippen molar-refractivity contribution in [3.8, 4) is 0 Å². The largest absolute Gasteiger partial charge is 0.340 e. The topological polar surface area (TPSA) is 58.2 Å². The van der Waals surface area contributed by atoms with Crippen LogP contribution < -0.4 is 10.6 Å². The van der Waals surface area contributed by atoms with Crippen molar-refractivity contribution in [3.63, 3.8) is 0 Å². The number of amides is 2. The van der Waals surface area contributed by atoms with E-state index in [-0.39, 0.29) is 5.69 Å². The zero-order valence-corrected chi connectivity index (χ0v) is 14.6. The second kappa shape index (κ2) is 8.03. The van der Waals surface area contributed by atoms with Gasteiger partial charge >= 0.3 is 0 Å². The number of anilines is 1. The maximum absolute atomic E-state index is 13.8. The van der Waals surface area contributed by atoms with Gasteiger partial charge in [0.2, 0.25) is 5.91 Å². The van der Waals surface area contributed by atoms with Gasteiger partial charge in [-0.3, -0.25) is 9.59 Å². The fourth-order valence-electron chi connectivity index (χ4n) is 2.41. The molecule has 0 aliphatic rings. The van der Waals surface area contributed by atoms with E-state index in [1.54, 1.807) is 26.8 Å². The number of benzene rings is 2. The minimum absolute atomic E-state index is 0.0352. The third-order valence-electron chi connectivity index (χ3n) is 3.81. The summed E-state index contributed by atoms with van der Waals surface area (Å²) < 4.78 is 41.3. The van der Waals surface area contributed by atoms with E-state index in [4.69, 9.17) is 0 Å². The number of aryl methyl sites for hydroxylation is 1. The lowest BCUT2D eigenvalue weighted by Gasteiger charge is -2.22. The molecule has 0 aliphatic carbocycles. The van der Waals surface area contributed by atoms with Crippen molar-refractivity contribution < 1.29 is 22.8 Å². The third-order valence-corrected chi connectivity index (χ3v) is 3.81. The first kappa shape index (κ1) is 19.5. The molecule has 2 amide bonds. The Kier molecular flexibility index (Phi) is 6.02. The minimum atomic E-state index is -1.11. The van der Waals surface area contributed by atoms with E-state index in [0.717, 1.165) is 23.8 Å². The van der Waals surface area contributed by atoms with Gasteiger partial charge in [-0.25, -0.2) is 13.2 Å². The number of hydrogen-bond acceptors (Lipinski definition) is 2. The predicted molar refractivity (Wildman–Crippen MR) is 92.2 cm³/mol. The molecule has 0 radical (unpaired) electrons. The number of rotatable bonds is 5. The highest BCUT2D eigenvalue weighted by molar-refractivity contribution is 6.01. The summed E-state index contributed by atoms with van der Waals surface area (Å²) >= 11 is 0. The lowest BCUT2D eigenvalue weighted by atomic mass is 10.0. The molecule has 26 heavy (non-hydrogen) atoms. The molecule has 2 N–H and O–H groups in total. The first-order valence-electron chi connectivity index (χ1n) is 8.02. The van der Waals surface area contributed by atoms with Crippen molar-refractivity contribution in [2.45, 2.75) is 26.8 Å². The predicted octanol–water partition coefficient (Wildman–Crippen LogP) is 3.81. The van der Waals surface area contributed by atoms with Gasteiger partial charge in [0.1, 0.15) is 29.1 Å². The van der Waals surface area contributed by atoms with E-state index < -0.39 is 46.8 Å². The van der Waals surface area contributed by atoms with Crippen molar-refractivity contribution in [1.29, 1.82) is 0 Å². The summed E-state index contributed by atoms with van der Waals surface area (Å²) in [5.41, 5.74) is -0.0695. The van der Waals surface area contributed by atoms with Crippen LogP contribution in [0.15, 0.2) is 36.4 Å². The summed E-state index contributed by atoms with van der Waals surface area (Å²) in [4.78, 5) is 24.7. The zero-order chi connectivity index (χ0) is 19.4. The van der Waals surface area contributed by atoms with Crippen molar-refractivity contribution in [1.82, 2.24) is 5.32 Å². The smallest absolute Gasteiger partial charge is 0.257 e. The van der Waals surface area contributed by atoms with Gasteiger partial charge in [0.25, 0.3) is 5.91 Å². The Morgan fingerprint density at radius 2 is 1.58 bits per heavy atom. The van der Waals surface area contributed by atoms with Crippen molar-refractivity contribution in [2.75, 3.05) is 5.32 Å². The van der Waals surface area contributed by atoms with E-state index in [0.29, 0.717) is 0 Å². The van der Waals surface area contributed by atoms with Gasteiger partial charge in [0.15, 0.2) is 0 Å². The van der Waals surface area contributed by atoms with Crippen LogP contribution in [0.25, 0.3) is 0 Å². The molecule has 0 aromatic heterocycles. The molecule has 138 valence electrons. The summed E-state index contributed by atoms with van der Waals surface area (Å²) in [5, 5.41) is 4.72. The monoisotopic (exact) mass is 364 g/mol. The van der Waals surface area contributed by atoms with E-state index in [1.165, 1.54) is 12.1 Å². The van der Waals surface area contributed by atoms with Crippen LogP contribution in [0.1, 0.15) is 29.8 Å². The molecule has 7 heteroatoms. The second-order valence-corrected chi connectivity index (χ2v) is 6.26. The summed E-state index contributed by atoms with van der Waals surface area (Å²) in [6.45, 7) is 5.03. The molecule has 1 atom stereocenters. The molecule has 0 saturated carbocycles. The van der Waals surface area contributed by atoms with E-state index in [1.807, 2.05) is 0 Å². The van der Waals surface area contributed by atoms with Gasteiger partial charge in [0.05, 0.1) is 5.69 Å². The van der Waals surface area contributed by atoms with Crippen LogP contribution >= 0.6 is 0 Å². The van der Waals surface area contributed by atoms with Gasteiger partial charge in [0, 0.05) is 0 Å². The van der Waals surface area contributed by atoms with E-state index in [2.05, 4.69) is 10.6 Å². The van der Waals surface area contributed by atoms with Crippen LogP contribution in [-0.4, -0.2) is 17.9 Å². The fraction of sp³-hybridized carbons (Fsp3) is 0.263. The minimum Gasteiger partial charge on any atom is -0.340 e. The average Bonchev–Trinajstić information content (AvgIpc) is 2.55. The first-order chi connectivity index (χ1) is 12.2. The Morgan fingerprint density at radius 3 is 2.15 bits per heavy atom. The second-order valence-electron chi connectivity index (χ2n) is 6.26. The molecule has 0 bridgehead atoms. The molecule has 2 aromatic carbocycles. The van der Waals surface area contributed by atoms with Gasteiger partial charge in [-0.2, -0.15) is 0 Å². The molecule has 0 fully saturated rings. The zero-order valence-electron chi connectivity index (χ0n) is 14.6. The van der Waals surface area contributed by atoms with E-state index >= 15 is 0 Å². The molecular formula is C19H19F3N2O2. The summed E-state index contributed by atoms with van der Waals surface area (Å²) in [6.07, 6.45) is 0. The van der Waals surface area contributed by atoms with Gasteiger partial charge in [-0.05, 0) is 42.7 Å². The Morgan fingerprint density at radius 1 is 0.962 bits per heavy atom. The SMILES string of the molecule is Cc1ccc(F)c(NC(=O)C(NC(=O)c2c(F)cccc2F)C(C)C)c1. The molecule has 0 spiro atoms. The highest BCUT2D eigenvalue weighted by Gasteiger charge is 2.27. The van der Waals surface area contributed by atoms with Crippen LogP contribution in [0.5, 0.6) is 0 Å². The van der Waals surface area contributed by atoms with Crippen molar-refractivity contribution in [2.24, 2.45) is 5.92 Å². The quantitative estimate of drug-likeness (QED) is 0.848. The molecular weight excluding hydrogens is 345 g/mol. The Hall–Kier alpha value is -2.83. The molecule has 0 heterocycles. The van der Waals surface area contributed by atoms with Gasteiger partial charge < -0.3 is 10.6 Å². The van der Waals surface area contributed by atoms with Crippen LogP contribution in [-0.2, 0) is 4.79 Å². The molecule has 2 rings (SSSR count). The fourth-order valence-corrected chi connectivity index (χ4v) is 2.41. The molecule has 0 saturated heterocycles. The van der Waals surface area contributed by atoms with Crippen LogP contribution in [0, 0.1) is 30.3 Å². The van der Waals surface area contributed by atoms with Crippen molar-refractivity contribution >= 4 is 17.5 Å². The Balaban J connectivity index is 2.22. The summed E-state index contributed by atoms with van der Waals surface area (Å²) in [6, 6.07) is 6.13. The number of halogens is 3. The third kappa shape index (κ3) is 4.41. The molecule has 1 unspecified atom stereocenters. The highest BCUT2D eigenvalue weighted by Crippen LogP contribution is 2.18. The number of carbonyl (C=O) groups excluding carboxylic acids is 2. The van der Waals surface area contributed by atoms with Crippen LogP contribution in [0.2, 0.25) is 0 Å². The van der Waals surface area contributed by atoms with Crippen LogP contribution in [0.4, 0.5) is 18.9 Å². The maximum Gasteiger partial charge on any atom is 0.257 e. The summed E-state index contributed by atoms with van der Waals surface area (Å²) in [5.74, 6) is -4.83.